The first-order valence-corrected chi connectivity index (χ1v) is 7.48. The van der Waals surface area contributed by atoms with Gasteiger partial charge in [-0.05, 0) is 12.1 Å². The zero-order chi connectivity index (χ0) is 15.2. The minimum absolute atomic E-state index is 0.230. The summed E-state index contributed by atoms with van der Waals surface area (Å²) in [7, 11) is 1.51. The van der Waals surface area contributed by atoms with Gasteiger partial charge in [-0.3, -0.25) is 9.59 Å². The predicted molar refractivity (Wildman–Crippen MR) is 77.7 cm³/mol. The molecule has 2 rings (SSSR count). The van der Waals surface area contributed by atoms with Crippen LogP contribution in [-0.2, 0) is 14.3 Å². The Hall–Kier alpha value is -1.73. The first-order valence-electron chi connectivity index (χ1n) is 6.50. The molecule has 0 bridgehead atoms. The van der Waals surface area contributed by atoms with Crippen LogP contribution in [0.15, 0.2) is 29.2 Å². The first-order chi connectivity index (χ1) is 10.1. The van der Waals surface area contributed by atoms with Gasteiger partial charge in [0.1, 0.15) is 12.3 Å². The van der Waals surface area contributed by atoms with Crippen molar-refractivity contribution in [3.63, 3.8) is 0 Å². The van der Waals surface area contributed by atoms with Crippen molar-refractivity contribution in [2.45, 2.75) is 11.0 Å². The molecule has 1 aliphatic heterocycles. The summed E-state index contributed by atoms with van der Waals surface area (Å²) in [5.74, 6) is -0.243. The maximum absolute atomic E-state index is 12.4. The minimum atomic E-state index is -1.05. The summed E-state index contributed by atoms with van der Waals surface area (Å²) in [4.78, 5) is 25.5. The number of carboxylic acid groups (broad SMARTS) is 1. The zero-order valence-electron chi connectivity index (χ0n) is 11.7. The Balaban J connectivity index is 2.05. The van der Waals surface area contributed by atoms with E-state index < -0.39 is 12.1 Å². The molecule has 0 spiro atoms. The Morgan fingerprint density at radius 2 is 2.24 bits per heavy atom. The van der Waals surface area contributed by atoms with E-state index in [-0.39, 0.29) is 25.6 Å². The second-order valence-corrected chi connectivity index (χ2v) is 5.57. The van der Waals surface area contributed by atoms with Gasteiger partial charge in [-0.2, -0.15) is 0 Å². The van der Waals surface area contributed by atoms with Crippen LogP contribution in [0, 0.1) is 0 Å². The molecule has 0 saturated heterocycles. The van der Waals surface area contributed by atoms with Gasteiger partial charge >= 0.3 is 5.97 Å². The van der Waals surface area contributed by atoms with Gasteiger partial charge in [0.2, 0.25) is 0 Å². The van der Waals surface area contributed by atoms with Crippen LogP contribution in [0.4, 0.5) is 0 Å². The summed E-state index contributed by atoms with van der Waals surface area (Å²) >= 11 is 1.53. The number of carboxylic acids is 1. The number of benzene rings is 1. The summed E-state index contributed by atoms with van der Waals surface area (Å²) < 4.78 is 10.6. The highest BCUT2D eigenvalue weighted by Crippen LogP contribution is 2.35. The van der Waals surface area contributed by atoms with Gasteiger partial charge in [0.05, 0.1) is 6.61 Å². The highest BCUT2D eigenvalue weighted by molar-refractivity contribution is 7.99. The van der Waals surface area contributed by atoms with Crippen LogP contribution in [0.5, 0.6) is 5.75 Å². The normalized spacial score (nSPS) is 16.7. The molecule has 1 aliphatic rings. The van der Waals surface area contributed by atoms with E-state index in [4.69, 9.17) is 14.6 Å². The molecule has 1 aromatic carbocycles. The number of amides is 1. The molecule has 1 N–H and O–H groups in total. The van der Waals surface area contributed by atoms with Crippen molar-refractivity contribution in [3.8, 4) is 5.75 Å². The number of aliphatic carboxylic acids is 1. The molecule has 1 aromatic rings. The molecular formula is C14H17NO5S. The number of methoxy groups -OCH3 is 1. The fraction of sp³-hybridized carbons (Fsp3) is 0.429. The van der Waals surface area contributed by atoms with Crippen molar-refractivity contribution < 1.29 is 24.2 Å². The van der Waals surface area contributed by atoms with E-state index in [0.29, 0.717) is 11.5 Å². The molecule has 1 amide bonds. The lowest BCUT2D eigenvalue weighted by Crippen LogP contribution is -2.47. The number of hydrogen-bond donors (Lipinski definition) is 1. The smallest absolute Gasteiger partial charge is 0.323 e. The summed E-state index contributed by atoms with van der Waals surface area (Å²) in [6, 6.07) is 7.48. The number of fused-ring (bicyclic) bond motifs is 1. The van der Waals surface area contributed by atoms with Crippen LogP contribution in [0.2, 0.25) is 0 Å². The molecule has 0 saturated carbocycles. The molecule has 21 heavy (non-hydrogen) atoms. The molecule has 7 heteroatoms. The predicted octanol–water partition coefficient (Wildman–Crippen LogP) is 1.10. The summed E-state index contributed by atoms with van der Waals surface area (Å²) in [5.41, 5.74) is 0. The molecule has 1 heterocycles. The minimum Gasteiger partial charge on any atom is -0.480 e. The molecule has 0 radical (unpaired) electrons. The molecule has 0 aliphatic carbocycles. The SMILES string of the molecule is COCCN(CC(=O)O)C(=O)[C@H]1CSc2ccccc2O1. The maximum atomic E-state index is 12.4. The van der Waals surface area contributed by atoms with Crippen molar-refractivity contribution in [1.29, 1.82) is 0 Å². The number of hydrogen-bond acceptors (Lipinski definition) is 5. The van der Waals surface area contributed by atoms with Crippen LogP contribution in [0.3, 0.4) is 0 Å². The van der Waals surface area contributed by atoms with Crippen LogP contribution < -0.4 is 4.74 Å². The monoisotopic (exact) mass is 311 g/mol. The lowest BCUT2D eigenvalue weighted by molar-refractivity contribution is -0.147. The Bertz CT molecular complexity index is 522. The van der Waals surface area contributed by atoms with E-state index in [1.807, 2.05) is 18.2 Å². The van der Waals surface area contributed by atoms with Gasteiger partial charge < -0.3 is 19.5 Å². The lowest BCUT2D eigenvalue weighted by Gasteiger charge is -2.29. The van der Waals surface area contributed by atoms with Crippen molar-refractivity contribution >= 4 is 23.6 Å². The summed E-state index contributed by atoms with van der Waals surface area (Å²) in [5, 5.41) is 8.91. The molecule has 0 aromatic heterocycles. The number of rotatable bonds is 6. The van der Waals surface area contributed by atoms with Gasteiger partial charge in [-0.25, -0.2) is 0 Å². The van der Waals surface area contributed by atoms with Crippen LogP contribution in [-0.4, -0.2) is 60.5 Å². The molecule has 0 fully saturated rings. The Labute approximate surface area is 127 Å². The molecule has 0 unspecified atom stereocenters. The van der Waals surface area contributed by atoms with Crippen molar-refractivity contribution in [2.75, 3.05) is 32.6 Å². The largest absolute Gasteiger partial charge is 0.480 e. The zero-order valence-corrected chi connectivity index (χ0v) is 12.5. The number of nitrogens with zero attached hydrogens (tertiary/aromatic N) is 1. The average Bonchev–Trinajstić information content (AvgIpc) is 2.50. The number of para-hydroxylation sites is 1. The van der Waals surface area contributed by atoms with Gasteiger partial charge in [0.15, 0.2) is 6.10 Å². The second kappa shape index (κ2) is 7.33. The molecule has 1 atom stereocenters. The molecule has 6 nitrogen and oxygen atoms in total. The van der Waals surface area contributed by atoms with E-state index in [0.717, 1.165) is 4.90 Å². The van der Waals surface area contributed by atoms with Crippen LogP contribution in [0.1, 0.15) is 0 Å². The lowest BCUT2D eigenvalue weighted by atomic mass is 10.3. The third-order valence-corrected chi connectivity index (χ3v) is 4.10. The summed E-state index contributed by atoms with van der Waals surface area (Å²) in [6.45, 7) is 0.164. The van der Waals surface area contributed by atoms with Gasteiger partial charge in [0.25, 0.3) is 5.91 Å². The number of carbonyl (C=O) groups excluding carboxylic acids is 1. The average molecular weight is 311 g/mol. The van der Waals surface area contributed by atoms with Crippen molar-refractivity contribution in [3.05, 3.63) is 24.3 Å². The Morgan fingerprint density at radius 1 is 1.48 bits per heavy atom. The van der Waals surface area contributed by atoms with Gasteiger partial charge in [-0.15, -0.1) is 11.8 Å². The van der Waals surface area contributed by atoms with E-state index in [1.54, 1.807) is 6.07 Å². The first kappa shape index (κ1) is 15.7. The van der Waals surface area contributed by atoms with Crippen molar-refractivity contribution in [2.24, 2.45) is 0 Å². The number of carbonyl (C=O) groups is 2. The van der Waals surface area contributed by atoms with Gasteiger partial charge in [-0.1, -0.05) is 12.1 Å². The number of thioether (sulfide) groups is 1. The highest BCUT2D eigenvalue weighted by Gasteiger charge is 2.31. The standard InChI is InChI=1S/C14H17NO5S/c1-19-7-6-15(8-13(16)17)14(18)11-9-21-12-5-3-2-4-10(12)20-11/h2-5,11H,6-9H2,1H3,(H,16,17)/t11-/m1/s1. The van der Waals surface area contributed by atoms with E-state index in [9.17, 15) is 9.59 Å². The fourth-order valence-corrected chi connectivity index (χ4v) is 2.95. The van der Waals surface area contributed by atoms with Crippen LogP contribution in [0.25, 0.3) is 0 Å². The highest BCUT2D eigenvalue weighted by atomic mass is 32.2. The molecule has 114 valence electrons. The van der Waals surface area contributed by atoms with Crippen LogP contribution >= 0.6 is 11.8 Å². The second-order valence-electron chi connectivity index (χ2n) is 4.51. The molecular weight excluding hydrogens is 294 g/mol. The fourth-order valence-electron chi connectivity index (χ4n) is 1.98. The number of ether oxygens (including phenoxy) is 2. The van der Waals surface area contributed by atoms with Gasteiger partial charge in [0, 0.05) is 24.3 Å². The van der Waals surface area contributed by atoms with E-state index in [1.165, 1.54) is 23.8 Å². The quantitative estimate of drug-likeness (QED) is 0.848. The maximum Gasteiger partial charge on any atom is 0.323 e. The van der Waals surface area contributed by atoms with E-state index >= 15 is 0 Å². The topological polar surface area (TPSA) is 76.1 Å². The third-order valence-electron chi connectivity index (χ3n) is 2.99. The van der Waals surface area contributed by atoms with E-state index in [2.05, 4.69) is 0 Å². The Morgan fingerprint density at radius 3 is 2.95 bits per heavy atom. The summed E-state index contributed by atoms with van der Waals surface area (Å²) in [6.07, 6.45) is -0.666. The van der Waals surface area contributed by atoms with Crippen molar-refractivity contribution in [1.82, 2.24) is 4.90 Å². The Kier molecular flexibility index (Phi) is 5.46. The third kappa shape index (κ3) is 4.12.